The lowest BCUT2D eigenvalue weighted by molar-refractivity contribution is -0.124. The molecule has 0 aromatic carbocycles. The van der Waals surface area contributed by atoms with E-state index in [0.717, 1.165) is 12.8 Å². The summed E-state index contributed by atoms with van der Waals surface area (Å²) >= 11 is 0. The van der Waals surface area contributed by atoms with Crippen molar-refractivity contribution in [1.29, 1.82) is 0 Å². The summed E-state index contributed by atoms with van der Waals surface area (Å²) in [6.45, 7) is 10.2. The quantitative estimate of drug-likeness (QED) is 0.685. The first-order valence-corrected chi connectivity index (χ1v) is 5.35. The molecular weight excluding hydrogens is 176 g/mol. The van der Waals surface area contributed by atoms with Crippen molar-refractivity contribution in [2.45, 2.75) is 59.0 Å². The van der Waals surface area contributed by atoms with E-state index < -0.39 is 5.54 Å². The van der Waals surface area contributed by atoms with Crippen molar-refractivity contribution in [1.82, 2.24) is 5.32 Å². The van der Waals surface area contributed by atoms with Crippen molar-refractivity contribution in [3.05, 3.63) is 0 Å². The molecule has 0 saturated heterocycles. The van der Waals surface area contributed by atoms with E-state index in [-0.39, 0.29) is 11.9 Å². The lowest BCUT2D eigenvalue weighted by Gasteiger charge is -2.30. The van der Waals surface area contributed by atoms with Crippen LogP contribution in [0.25, 0.3) is 0 Å². The second-order valence-electron chi connectivity index (χ2n) is 4.93. The largest absolute Gasteiger partial charge is 0.368 e. The average Bonchev–Trinajstić information content (AvgIpc) is 1.99. The summed E-state index contributed by atoms with van der Waals surface area (Å²) in [5, 5.41) is 3.24. The van der Waals surface area contributed by atoms with Crippen LogP contribution < -0.4 is 11.1 Å². The number of hydrogen-bond acceptors (Lipinski definition) is 2. The van der Waals surface area contributed by atoms with Gasteiger partial charge in [0.05, 0.1) is 5.54 Å². The minimum absolute atomic E-state index is 0.258. The fraction of sp³-hybridized carbons (Fsp3) is 0.909. The van der Waals surface area contributed by atoms with Crippen LogP contribution in [0.3, 0.4) is 0 Å². The third-order valence-electron chi connectivity index (χ3n) is 2.37. The van der Waals surface area contributed by atoms with E-state index in [1.165, 1.54) is 0 Å². The summed E-state index contributed by atoms with van der Waals surface area (Å²) in [4.78, 5) is 11.3. The maximum absolute atomic E-state index is 11.3. The normalized spacial score (nSPS) is 15.9. The predicted molar refractivity (Wildman–Crippen MR) is 59.9 cm³/mol. The Bertz CT molecular complexity index is 190. The highest BCUT2D eigenvalue weighted by molar-refractivity contribution is 5.84. The molecule has 0 saturated carbocycles. The van der Waals surface area contributed by atoms with Crippen LogP contribution in [-0.2, 0) is 4.79 Å². The molecule has 0 fully saturated rings. The smallest absolute Gasteiger partial charge is 0.237 e. The summed E-state index contributed by atoms with van der Waals surface area (Å²) in [6.07, 6.45) is 1.82. The number of amides is 1. The van der Waals surface area contributed by atoms with E-state index in [9.17, 15) is 4.79 Å². The molecule has 3 heteroatoms. The molecule has 1 atom stereocenters. The molecule has 84 valence electrons. The summed E-state index contributed by atoms with van der Waals surface area (Å²) in [5.41, 5.74) is 4.85. The molecule has 0 aliphatic carbocycles. The minimum atomic E-state index is -0.557. The summed E-state index contributed by atoms with van der Waals surface area (Å²) in [6, 6.07) is 0.277. The first kappa shape index (κ1) is 13.4. The molecule has 0 aromatic rings. The molecule has 0 aromatic heterocycles. The molecular formula is C11H24N2O. The van der Waals surface area contributed by atoms with Gasteiger partial charge in [-0.25, -0.2) is 0 Å². The SMILES string of the molecule is CC(C)CCC(C)(NC(C)C)C(N)=O. The molecule has 0 spiro atoms. The van der Waals surface area contributed by atoms with Crippen LogP contribution >= 0.6 is 0 Å². The van der Waals surface area contributed by atoms with E-state index in [2.05, 4.69) is 19.2 Å². The molecule has 0 aliphatic rings. The van der Waals surface area contributed by atoms with Crippen LogP contribution in [-0.4, -0.2) is 17.5 Å². The first-order valence-electron chi connectivity index (χ1n) is 5.35. The zero-order valence-corrected chi connectivity index (χ0v) is 10.1. The third-order valence-corrected chi connectivity index (χ3v) is 2.37. The van der Waals surface area contributed by atoms with Crippen molar-refractivity contribution in [3.63, 3.8) is 0 Å². The second-order valence-corrected chi connectivity index (χ2v) is 4.93. The molecule has 14 heavy (non-hydrogen) atoms. The molecule has 0 rings (SSSR count). The average molecular weight is 200 g/mol. The van der Waals surface area contributed by atoms with E-state index in [4.69, 9.17) is 5.73 Å². The van der Waals surface area contributed by atoms with Gasteiger partial charge < -0.3 is 11.1 Å². The maximum atomic E-state index is 11.3. The topological polar surface area (TPSA) is 55.1 Å². The molecule has 1 unspecified atom stereocenters. The van der Waals surface area contributed by atoms with E-state index in [1.807, 2.05) is 20.8 Å². The van der Waals surface area contributed by atoms with Crippen molar-refractivity contribution in [2.75, 3.05) is 0 Å². The van der Waals surface area contributed by atoms with Crippen LogP contribution in [0.1, 0.15) is 47.5 Å². The Morgan fingerprint density at radius 2 is 1.86 bits per heavy atom. The summed E-state index contributed by atoms with van der Waals surface area (Å²) in [7, 11) is 0. The van der Waals surface area contributed by atoms with E-state index in [0.29, 0.717) is 5.92 Å². The molecule has 0 radical (unpaired) electrons. The van der Waals surface area contributed by atoms with E-state index in [1.54, 1.807) is 0 Å². The third kappa shape index (κ3) is 4.61. The number of rotatable bonds is 6. The Kier molecular flexibility index (Phi) is 5.13. The zero-order chi connectivity index (χ0) is 11.4. The number of nitrogens with one attached hydrogen (secondary N) is 1. The van der Waals surface area contributed by atoms with Gasteiger partial charge in [0.2, 0.25) is 5.91 Å². The van der Waals surface area contributed by atoms with Gasteiger partial charge in [0.15, 0.2) is 0 Å². The Labute approximate surface area is 87.4 Å². The number of carbonyl (C=O) groups excluding carboxylic acids is 1. The van der Waals surface area contributed by atoms with Crippen LogP contribution in [0.5, 0.6) is 0 Å². The number of carbonyl (C=O) groups is 1. The van der Waals surface area contributed by atoms with Crippen molar-refractivity contribution in [2.24, 2.45) is 11.7 Å². The summed E-state index contributed by atoms with van der Waals surface area (Å²) in [5.74, 6) is 0.342. The highest BCUT2D eigenvalue weighted by Gasteiger charge is 2.30. The molecule has 0 aliphatic heterocycles. The first-order chi connectivity index (χ1) is 6.28. The highest BCUT2D eigenvalue weighted by atomic mass is 16.1. The van der Waals surface area contributed by atoms with Crippen molar-refractivity contribution >= 4 is 5.91 Å². The fourth-order valence-electron chi connectivity index (χ4n) is 1.48. The predicted octanol–water partition coefficient (Wildman–Crippen LogP) is 1.66. The highest BCUT2D eigenvalue weighted by Crippen LogP contribution is 2.16. The van der Waals surface area contributed by atoms with Gasteiger partial charge in [-0.15, -0.1) is 0 Å². The Hall–Kier alpha value is -0.570. The van der Waals surface area contributed by atoms with Gasteiger partial charge in [-0.05, 0) is 39.5 Å². The number of nitrogens with two attached hydrogens (primary N) is 1. The molecule has 0 bridgehead atoms. The van der Waals surface area contributed by atoms with Gasteiger partial charge in [-0.1, -0.05) is 13.8 Å². The molecule has 3 N–H and O–H groups in total. The van der Waals surface area contributed by atoms with Crippen molar-refractivity contribution in [3.8, 4) is 0 Å². The maximum Gasteiger partial charge on any atom is 0.237 e. The molecule has 0 heterocycles. The number of hydrogen-bond donors (Lipinski definition) is 2. The van der Waals surface area contributed by atoms with Gasteiger partial charge in [0.1, 0.15) is 0 Å². The molecule has 3 nitrogen and oxygen atoms in total. The van der Waals surface area contributed by atoms with Crippen LogP contribution in [0.15, 0.2) is 0 Å². The van der Waals surface area contributed by atoms with E-state index >= 15 is 0 Å². The Balaban J connectivity index is 4.32. The van der Waals surface area contributed by atoms with Gasteiger partial charge in [0, 0.05) is 6.04 Å². The lowest BCUT2D eigenvalue weighted by atomic mass is 9.90. The monoisotopic (exact) mass is 200 g/mol. The fourth-order valence-corrected chi connectivity index (χ4v) is 1.48. The zero-order valence-electron chi connectivity index (χ0n) is 10.1. The van der Waals surface area contributed by atoms with Crippen molar-refractivity contribution < 1.29 is 4.79 Å². The second kappa shape index (κ2) is 5.35. The Morgan fingerprint density at radius 1 is 1.36 bits per heavy atom. The Morgan fingerprint density at radius 3 is 2.14 bits per heavy atom. The van der Waals surface area contributed by atoms with Crippen LogP contribution in [0.2, 0.25) is 0 Å². The van der Waals surface area contributed by atoms with Gasteiger partial charge in [0.25, 0.3) is 0 Å². The van der Waals surface area contributed by atoms with Crippen LogP contribution in [0, 0.1) is 5.92 Å². The standard InChI is InChI=1S/C11H24N2O/c1-8(2)6-7-11(5,10(12)14)13-9(3)4/h8-9,13H,6-7H2,1-5H3,(H2,12,14). The molecule has 1 amide bonds. The number of primary amides is 1. The lowest BCUT2D eigenvalue weighted by Crippen LogP contribution is -2.55. The van der Waals surface area contributed by atoms with Crippen LogP contribution in [0.4, 0.5) is 0 Å². The summed E-state index contributed by atoms with van der Waals surface area (Å²) < 4.78 is 0. The van der Waals surface area contributed by atoms with Gasteiger partial charge >= 0.3 is 0 Å². The van der Waals surface area contributed by atoms with Gasteiger partial charge in [-0.3, -0.25) is 4.79 Å². The van der Waals surface area contributed by atoms with Gasteiger partial charge in [-0.2, -0.15) is 0 Å². The minimum Gasteiger partial charge on any atom is -0.368 e.